The first kappa shape index (κ1) is 19.1. The van der Waals surface area contributed by atoms with Gasteiger partial charge in [0.1, 0.15) is 11.4 Å². The molecule has 0 amide bonds. The van der Waals surface area contributed by atoms with Crippen molar-refractivity contribution in [2.75, 3.05) is 6.61 Å². The summed E-state index contributed by atoms with van der Waals surface area (Å²) < 4.78 is 5.78. The summed E-state index contributed by atoms with van der Waals surface area (Å²) in [6.45, 7) is 5.20. The number of hydrogen-bond donors (Lipinski definition) is 0. The molecule has 0 unspecified atom stereocenters. The molecule has 2 heteroatoms. The normalized spacial score (nSPS) is 10.2. The van der Waals surface area contributed by atoms with Crippen molar-refractivity contribution >= 4 is 0 Å². The Balaban J connectivity index is 1.80. The largest absolute Gasteiger partial charge is 0.494 e. The highest BCUT2D eigenvalue weighted by atomic mass is 16.5. The molecule has 0 aliphatic rings. The average molecular weight is 335 g/mol. The summed E-state index contributed by atoms with van der Waals surface area (Å²) >= 11 is 0. The van der Waals surface area contributed by atoms with Gasteiger partial charge in [0.15, 0.2) is 0 Å². The van der Waals surface area contributed by atoms with Gasteiger partial charge in [0.05, 0.1) is 6.61 Å². The maximum absolute atomic E-state index is 5.78. The molecule has 2 nitrogen and oxygen atoms in total. The fourth-order valence-corrected chi connectivity index (χ4v) is 2.60. The molecule has 2 rings (SSSR count). The van der Waals surface area contributed by atoms with Crippen molar-refractivity contribution < 1.29 is 4.74 Å². The van der Waals surface area contributed by atoms with Gasteiger partial charge in [0.25, 0.3) is 0 Å². The number of benzene rings is 1. The molecule has 0 radical (unpaired) electrons. The van der Waals surface area contributed by atoms with Crippen molar-refractivity contribution in [3.8, 4) is 17.6 Å². The van der Waals surface area contributed by atoms with Crippen LogP contribution in [0.2, 0.25) is 0 Å². The van der Waals surface area contributed by atoms with Crippen LogP contribution in [0.25, 0.3) is 0 Å². The molecule has 0 atom stereocenters. The Labute approximate surface area is 152 Å². The molecule has 0 saturated heterocycles. The average Bonchev–Trinajstić information content (AvgIpc) is 2.65. The highest BCUT2D eigenvalue weighted by Crippen LogP contribution is 2.13. The van der Waals surface area contributed by atoms with E-state index in [-0.39, 0.29) is 0 Å². The van der Waals surface area contributed by atoms with E-state index >= 15 is 0 Å². The summed E-state index contributed by atoms with van der Waals surface area (Å²) in [7, 11) is 0. The van der Waals surface area contributed by atoms with Crippen LogP contribution in [0.3, 0.4) is 0 Å². The fourth-order valence-electron chi connectivity index (χ4n) is 2.60. The van der Waals surface area contributed by atoms with Crippen LogP contribution in [0.4, 0.5) is 0 Å². The zero-order valence-corrected chi connectivity index (χ0v) is 15.6. The molecule has 1 aromatic heterocycles. The molecule has 0 bridgehead atoms. The number of hydrogen-bond acceptors (Lipinski definition) is 2. The van der Waals surface area contributed by atoms with Gasteiger partial charge in [-0.05, 0) is 54.7 Å². The minimum Gasteiger partial charge on any atom is -0.494 e. The topological polar surface area (TPSA) is 22.1 Å². The standard InChI is InChI=1S/C23H29NO/c1-3-5-6-7-8-18-25-23-16-12-20(13-17-23)10-14-22-15-11-21(9-4-2)19-24-22/h11-13,15-17,19H,3-9,18H2,1-2H3. The Kier molecular flexibility index (Phi) is 8.63. The lowest BCUT2D eigenvalue weighted by Gasteiger charge is -2.05. The number of aryl methyl sites for hydroxylation is 1. The fraction of sp³-hybridized carbons (Fsp3) is 0.435. The van der Waals surface area contributed by atoms with Crippen molar-refractivity contribution in [3.63, 3.8) is 0 Å². The number of aromatic nitrogens is 1. The van der Waals surface area contributed by atoms with Gasteiger partial charge in [0.2, 0.25) is 0 Å². The number of unbranched alkanes of at least 4 members (excludes halogenated alkanes) is 4. The molecule has 132 valence electrons. The summed E-state index contributed by atoms with van der Waals surface area (Å²) in [4.78, 5) is 4.40. The summed E-state index contributed by atoms with van der Waals surface area (Å²) in [5.41, 5.74) is 3.06. The van der Waals surface area contributed by atoms with E-state index in [1.807, 2.05) is 36.5 Å². The zero-order chi connectivity index (χ0) is 17.7. The van der Waals surface area contributed by atoms with Crippen LogP contribution in [-0.4, -0.2) is 11.6 Å². The maximum atomic E-state index is 5.78. The van der Waals surface area contributed by atoms with Gasteiger partial charge < -0.3 is 4.74 Å². The van der Waals surface area contributed by atoms with Crippen molar-refractivity contribution in [2.45, 2.75) is 58.8 Å². The van der Waals surface area contributed by atoms with E-state index in [2.05, 4.69) is 36.7 Å². The van der Waals surface area contributed by atoms with Crippen LogP contribution in [0, 0.1) is 11.8 Å². The van der Waals surface area contributed by atoms with Crippen LogP contribution in [-0.2, 0) is 6.42 Å². The maximum Gasteiger partial charge on any atom is 0.119 e. The van der Waals surface area contributed by atoms with Crippen LogP contribution in [0.1, 0.15) is 69.2 Å². The van der Waals surface area contributed by atoms with E-state index in [0.717, 1.165) is 42.9 Å². The third kappa shape index (κ3) is 7.44. The van der Waals surface area contributed by atoms with Gasteiger partial charge in [-0.3, -0.25) is 0 Å². The van der Waals surface area contributed by atoms with Crippen molar-refractivity contribution in [1.29, 1.82) is 0 Å². The van der Waals surface area contributed by atoms with E-state index in [0.29, 0.717) is 0 Å². The molecule has 1 aromatic carbocycles. The Bertz CT molecular complexity index is 662. The van der Waals surface area contributed by atoms with Gasteiger partial charge in [-0.25, -0.2) is 4.98 Å². The SMILES string of the molecule is CCCCCCCOc1ccc(C#Cc2ccc(CCC)cn2)cc1. The van der Waals surface area contributed by atoms with E-state index in [9.17, 15) is 0 Å². The van der Waals surface area contributed by atoms with Crippen LogP contribution in [0.5, 0.6) is 5.75 Å². The highest BCUT2D eigenvalue weighted by molar-refractivity contribution is 5.42. The third-order valence-electron chi connectivity index (χ3n) is 4.07. The third-order valence-corrected chi connectivity index (χ3v) is 4.07. The number of nitrogens with zero attached hydrogens (tertiary/aromatic N) is 1. The number of ether oxygens (including phenoxy) is 1. The first-order valence-corrected chi connectivity index (χ1v) is 9.51. The minimum absolute atomic E-state index is 0.794. The molecule has 0 saturated carbocycles. The number of rotatable bonds is 9. The highest BCUT2D eigenvalue weighted by Gasteiger charge is 1.96. The lowest BCUT2D eigenvalue weighted by Crippen LogP contribution is -1.97. The molecule has 25 heavy (non-hydrogen) atoms. The van der Waals surface area contributed by atoms with E-state index in [4.69, 9.17) is 4.74 Å². The predicted octanol–water partition coefficient (Wildman–Crippen LogP) is 5.78. The summed E-state index contributed by atoms with van der Waals surface area (Å²) in [6, 6.07) is 12.1. The predicted molar refractivity (Wildman–Crippen MR) is 105 cm³/mol. The molecule has 2 aromatic rings. The molecule has 0 aliphatic carbocycles. The lowest BCUT2D eigenvalue weighted by molar-refractivity contribution is 0.304. The summed E-state index contributed by atoms with van der Waals surface area (Å²) in [6.07, 6.45) is 10.4. The van der Waals surface area contributed by atoms with E-state index in [1.165, 1.54) is 31.2 Å². The van der Waals surface area contributed by atoms with E-state index < -0.39 is 0 Å². The quantitative estimate of drug-likeness (QED) is 0.428. The van der Waals surface area contributed by atoms with Gasteiger partial charge in [-0.2, -0.15) is 0 Å². The second kappa shape index (κ2) is 11.3. The van der Waals surface area contributed by atoms with Gasteiger partial charge in [-0.1, -0.05) is 57.9 Å². The van der Waals surface area contributed by atoms with Crippen LogP contribution in [0.15, 0.2) is 42.6 Å². The second-order valence-corrected chi connectivity index (χ2v) is 6.34. The van der Waals surface area contributed by atoms with Crippen molar-refractivity contribution in [3.05, 3.63) is 59.4 Å². The molecule has 1 heterocycles. The molecule has 0 fully saturated rings. The van der Waals surface area contributed by atoms with Crippen LogP contribution < -0.4 is 4.74 Å². The van der Waals surface area contributed by atoms with Crippen LogP contribution >= 0.6 is 0 Å². The second-order valence-electron chi connectivity index (χ2n) is 6.34. The minimum atomic E-state index is 0.794. The Morgan fingerprint density at radius 1 is 0.840 bits per heavy atom. The zero-order valence-electron chi connectivity index (χ0n) is 15.6. The number of pyridine rings is 1. The summed E-state index contributed by atoms with van der Waals surface area (Å²) in [5, 5.41) is 0. The summed E-state index contributed by atoms with van der Waals surface area (Å²) in [5.74, 6) is 7.20. The van der Waals surface area contributed by atoms with E-state index in [1.54, 1.807) is 0 Å². The Hall–Kier alpha value is -2.27. The molecule has 0 aliphatic heterocycles. The van der Waals surface area contributed by atoms with Gasteiger partial charge in [0, 0.05) is 11.8 Å². The first-order valence-electron chi connectivity index (χ1n) is 9.51. The smallest absolute Gasteiger partial charge is 0.119 e. The Morgan fingerprint density at radius 2 is 1.64 bits per heavy atom. The monoisotopic (exact) mass is 335 g/mol. The molecular weight excluding hydrogens is 306 g/mol. The lowest BCUT2D eigenvalue weighted by atomic mass is 10.1. The first-order chi connectivity index (χ1) is 12.3. The molecule has 0 N–H and O–H groups in total. The van der Waals surface area contributed by atoms with Crippen molar-refractivity contribution in [1.82, 2.24) is 4.98 Å². The van der Waals surface area contributed by atoms with Gasteiger partial charge in [-0.15, -0.1) is 0 Å². The molecule has 0 spiro atoms. The molecular formula is C23H29NO. The Morgan fingerprint density at radius 3 is 2.32 bits per heavy atom. The van der Waals surface area contributed by atoms with Crippen molar-refractivity contribution in [2.24, 2.45) is 0 Å². The van der Waals surface area contributed by atoms with Gasteiger partial charge >= 0.3 is 0 Å².